The molecule has 5 heteroatoms. The highest BCUT2D eigenvalue weighted by molar-refractivity contribution is 5.96. The maximum absolute atomic E-state index is 13.2. The normalized spacial score (nSPS) is 16.6. The number of nitrogens with two attached hydrogens (primary N) is 1. The minimum absolute atomic E-state index is 0.00210. The van der Waals surface area contributed by atoms with Gasteiger partial charge in [0.05, 0.1) is 5.69 Å². The first-order chi connectivity index (χ1) is 8.58. The lowest BCUT2D eigenvalue weighted by molar-refractivity contribution is 0.0696. The van der Waals surface area contributed by atoms with Gasteiger partial charge in [0.25, 0.3) is 5.91 Å². The van der Waals surface area contributed by atoms with Gasteiger partial charge in [0.1, 0.15) is 5.82 Å². The largest absolute Gasteiger partial charge is 0.396 e. The van der Waals surface area contributed by atoms with Crippen molar-refractivity contribution < 1.29 is 13.9 Å². The maximum atomic E-state index is 13.2. The lowest BCUT2D eigenvalue weighted by Gasteiger charge is -2.23. The van der Waals surface area contributed by atoms with Crippen molar-refractivity contribution in [3.63, 3.8) is 0 Å². The van der Waals surface area contributed by atoms with E-state index in [1.165, 1.54) is 12.1 Å². The van der Waals surface area contributed by atoms with E-state index in [9.17, 15) is 9.18 Å². The Morgan fingerprint density at radius 2 is 2.11 bits per heavy atom. The molecule has 0 atom stereocenters. The van der Waals surface area contributed by atoms with Crippen LogP contribution in [0.2, 0.25) is 0 Å². The van der Waals surface area contributed by atoms with E-state index in [0.29, 0.717) is 24.3 Å². The van der Waals surface area contributed by atoms with E-state index in [1.54, 1.807) is 6.92 Å². The predicted molar refractivity (Wildman–Crippen MR) is 66.9 cm³/mol. The number of nitrogens with one attached hydrogen (secondary N) is 1. The second-order valence-corrected chi connectivity index (χ2v) is 4.55. The van der Waals surface area contributed by atoms with Gasteiger partial charge in [-0.1, -0.05) is 0 Å². The van der Waals surface area contributed by atoms with Gasteiger partial charge in [-0.2, -0.15) is 0 Å². The maximum Gasteiger partial charge on any atom is 0.251 e. The smallest absolute Gasteiger partial charge is 0.251 e. The number of ether oxygens (including phenoxy) is 1. The first kappa shape index (κ1) is 12.8. The van der Waals surface area contributed by atoms with Gasteiger partial charge >= 0.3 is 0 Å². The van der Waals surface area contributed by atoms with Crippen LogP contribution in [0.15, 0.2) is 12.1 Å². The van der Waals surface area contributed by atoms with Crippen molar-refractivity contribution in [3.8, 4) is 0 Å². The molecule has 0 aliphatic carbocycles. The van der Waals surface area contributed by atoms with E-state index in [4.69, 9.17) is 10.5 Å². The molecule has 0 spiro atoms. The SMILES string of the molecule is Cc1cc(F)c(N)cc1C(=O)NC1CCOCC1. The summed E-state index contributed by atoms with van der Waals surface area (Å²) in [5.74, 6) is -0.693. The molecule has 0 unspecified atom stereocenters. The fourth-order valence-electron chi connectivity index (χ4n) is 2.04. The van der Waals surface area contributed by atoms with Gasteiger partial charge in [-0.25, -0.2) is 4.39 Å². The standard InChI is InChI=1S/C13H17FN2O2/c1-8-6-11(14)12(15)7-10(8)13(17)16-9-2-4-18-5-3-9/h6-7,9H,2-5,15H2,1H3,(H,16,17). The van der Waals surface area contributed by atoms with E-state index >= 15 is 0 Å². The molecule has 2 rings (SSSR count). The molecule has 0 aromatic heterocycles. The Balaban J connectivity index is 2.10. The highest BCUT2D eigenvalue weighted by Gasteiger charge is 2.18. The summed E-state index contributed by atoms with van der Waals surface area (Å²) in [5, 5.41) is 2.93. The quantitative estimate of drug-likeness (QED) is 0.786. The third-order valence-electron chi connectivity index (χ3n) is 3.14. The van der Waals surface area contributed by atoms with Crippen molar-refractivity contribution in [3.05, 3.63) is 29.1 Å². The summed E-state index contributed by atoms with van der Waals surface area (Å²) in [6, 6.07) is 2.80. The van der Waals surface area contributed by atoms with Crippen molar-refractivity contribution in [1.82, 2.24) is 5.32 Å². The van der Waals surface area contributed by atoms with Gasteiger partial charge < -0.3 is 15.8 Å². The van der Waals surface area contributed by atoms with Gasteiger partial charge in [0.15, 0.2) is 0 Å². The highest BCUT2D eigenvalue weighted by atomic mass is 19.1. The molecule has 1 heterocycles. The number of amides is 1. The topological polar surface area (TPSA) is 64.4 Å². The lowest BCUT2D eigenvalue weighted by atomic mass is 10.0. The molecule has 1 aliphatic rings. The molecule has 1 aromatic carbocycles. The minimum atomic E-state index is -0.491. The molecule has 1 aromatic rings. The van der Waals surface area contributed by atoms with Crippen LogP contribution in [0.3, 0.4) is 0 Å². The fourth-order valence-corrected chi connectivity index (χ4v) is 2.04. The van der Waals surface area contributed by atoms with E-state index in [2.05, 4.69) is 5.32 Å². The molecule has 1 aliphatic heterocycles. The first-order valence-electron chi connectivity index (χ1n) is 6.02. The van der Waals surface area contributed by atoms with Crippen LogP contribution in [0.5, 0.6) is 0 Å². The Bertz CT molecular complexity index is 457. The van der Waals surface area contributed by atoms with Crippen LogP contribution in [0.25, 0.3) is 0 Å². The summed E-state index contributed by atoms with van der Waals surface area (Å²) in [4.78, 5) is 12.1. The Labute approximate surface area is 105 Å². The summed E-state index contributed by atoms with van der Waals surface area (Å²) in [5.41, 5.74) is 6.50. The molecule has 0 bridgehead atoms. The van der Waals surface area contributed by atoms with Gasteiger partial charge in [-0.3, -0.25) is 4.79 Å². The van der Waals surface area contributed by atoms with Crippen molar-refractivity contribution >= 4 is 11.6 Å². The van der Waals surface area contributed by atoms with Crippen LogP contribution in [-0.4, -0.2) is 25.2 Å². The van der Waals surface area contributed by atoms with Crippen molar-refractivity contribution in [2.75, 3.05) is 18.9 Å². The third kappa shape index (κ3) is 2.79. The fraction of sp³-hybridized carbons (Fsp3) is 0.462. The van der Waals surface area contributed by atoms with Crippen LogP contribution in [0.1, 0.15) is 28.8 Å². The van der Waals surface area contributed by atoms with Crippen LogP contribution in [0.4, 0.5) is 10.1 Å². The van der Waals surface area contributed by atoms with Crippen LogP contribution in [-0.2, 0) is 4.74 Å². The number of anilines is 1. The van der Waals surface area contributed by atoms with Crippen LogP contribution >= 0.6 is 0 Å². The molecular formula is C13H17FN2O2. The lowest BCUT2D eigenvalue weighted by Crippen LogP contribution is -2.39. The van der Waals surface area contributed by atoms with Gasteiger partial charge in [0.2, 0.25) is 0 Å². The average Bonchev–Trinajstić information content (AvgIpc) is 2.35. The number of carbonyl (C=O) groups is 1. The Morgan fingerprint density at radius 3 is 2.78 bits per heavy atom. The molecule has 3 N–H and O–H groups in total. The number of aryl methyl sites for hydroxylation is 1. The van der Waals surface area contributed by atoms with Crippen molar-refractivity contribution in [2.24, 2.45) is 0 Å². The van der Waals surface area contributed by atoms with Gasteiger partial charge in [0, 0.05) is 24.8 Å². The van der Waals surface area contributed by atoms with Gasteiger partial charge in [-0.05, 0) is 37.5 Å². The highest BCUT2D eigenvalue weighted by Crippen LogP contribution is 2.18. The number of nitrogen functional groups attached to an aromatic ring is 1. The Kier molecular flexibility index (Phi) is 3.81. The molecule has 1 saturated heterocycles. The third-order valence-corrected chi connectivity index (χ3v) is 3.14. The van der Waals surface area contributed by atoms with E-state index < -0.39 is 5.82 Å². The molecule has 98 valence electrons. The van der Waals surface area contributed by atoms with Crippen LogP contribution < -0.4 is 11.1 Å². The van der Waals surface area contributed by atoms with Crippen molar-refractivity contribution in [2.45, 2.75) is 25.8 Å². The zero-order valence-corrected chi connectivity index (χ0v) is 10.3. The van der Waals surface area contributed by atoms with E-state index in [1.807, 2.05) is 0 Å². The number of hydrogen-bond donors (Lipinski definition) is 2. The monoisotopic (exact) mass is 252 g/mol. The van der Waals surface area contributed by atoms with Gasteiger partial charge in [-0.15, -0.1) is 0 Å². The minimum Gasteiger partial charge on any atom is -0.396 e. The zero-order chi connectivity index (χ0) is 13.1. The van der Waals surface area contributed by atoms with Crippen molar-refractivity contribution in [1.29, 1.82) is 0 Å². The number of halogens is 1. The summed E-state index contributed by atoms with van der Waals surface area (Å²) in [6.45, 7) is 3.02. The summed E-state index contributed by atoms with van der Waals surface area (Å²) >= 11 is 0. The second kappa shape index (κ2) is 5.35. The molecule has 0 radical (unpaired) electrons. The summed E-state index contributed by atoms with van der Waals surface area (Å²) in [7, 11) is 0. The van der Waals surface area contributed by atoms with Crippen LogP contribution in [0, 0.1) is 12.7 Å². The zero-order valence-electron chi connectivity index (χ0n) is 10.3. The van der Waals surface area contributed by atoms with E-state index in [-0.39, 0.29) is 17.6 Å². The predicted octanol–water partition coefficient (Wildman–Crippen LogP) is 1.63. The number of carbonyl (C=O) groups excluding carboxylic acids is 1. The Morgan fingerprint density at radius 1 is 1.44 bits per heavy atom. The van der Waals surface area contributed by atoms with E-state index in [0.717, 1.165) is 12.8 Å². The Hall–Kier alpha value is -1.62. The number of hydrogen-bond acceptors (Lipinski definition) is 3. The molecular weight excluding hydrogens is 235 g/mol. The average molecular weight is 252 g/mol. The first-order valence-corrected chi connectivity index (χ1v) is 6.02. The summed E-state index contributed by atoms with van der Waals surface area (Å²) in [6.07, 6.45) is 1.61. The molecule has 18 heavy (non-hydrogen) atoms. The second-order valence-electron chi connectivity index (χ2n) is 4.55. The number of benzene rings is 1. The molecule has 4 nitrogen and oxygen atoms in total. The summed E-state index contributed by atoms with van der Waals surface area (Å²) < 4.78 is 18.4. The molecule has 0 saturated carbocycles. The number of rotatable bonds is 2. The molecule has 1 fully saturated rings. The molecule has 1 amide bonds.